The Balaban J connectivity index is 2.36. The lowest BCUT2D eigenvalue weighted by Gasteiger charge is -2.20. The average Bonchev–Trinajstić information content (AvgIpc) is 2.74. The van der Waals surface area contributed by atoms with E-state index in [9.17, 15) is 24.6 Å². The number of aliphatic imine (C=N–C) groups is 1. The molecule has 0 unspecified atom stereocenters. The minimum absolute atomic E-state index is 0.0574. The molecule has 2 aromatic rings. The lowest BCUT2D eigenvalue weighted by atomic mass is 9.89. The number of benzene rings is 3. The largest absolute Gasteiger partial charge is 0.508 e. The summed E-state index contributed by atoms with van der Waals surface area (Å²) in [5.74, 6) is -1.39. The van der Waals surface area contributed by atoms with Crippen LogP contribution in [0, 0.1) is 13.8 Å². The van der Waals surface area contributed by atoms with E-state index in [0.29, 0.717) is 22.1 Å². The third-order valence-corrected chi connectivity index (χ3v) is 6.46. The number of aromatic hydroxyl groups is 1. The first kappa shape index (κ1) is 22.8. The van der Waals surface area contributed by atoms with Crippen LogP contribution in [0.15, 0.2) is 38.5 Å². The molecule has 10 heteroatoms. The van der Waals surface area contributed by atoms with Gasteiger partial charge < -0.3 is 14.6 Å². The van der Waals surface area contributed by atoms with Gasteiger partial charge in [-0.1, -0.05) is 34.8 Å². The van der Waals surface area contributed by atoms with E-state index >= 15 is 0 Å². The number of phenols is 1. The second-order valence-corrected chi connectivity index (χ2v) is 8.41. The molecule has 2 aromatic carbocycles. The number of carbonyl (C=O) groups is 1. The minimum atomic E-state index is -1.45. The summed E-state index contributed by atoms with van der Waals surface area (Å²) in [5, 5.41) is 19.7. The number of carboxylic acids is 1. The highest BCUT2D eigenvalue weighted by molar-refractivity contribution is 6.49. The number of aromatic carboxylic acids is 1. The topological polar surface area (TPSA) is 117 Å². The molecule has 0 fully saturated rings. The van der Waals surface area contributed by atoms with Crippen LogP contribution < -0.4 is 5.43 Å². The van der Waals surface area contributed by atoms with Crippen LogP contribution in [-0.2, 0) is 4.79 Å². The Morgan fingerprint density at radius 2 is 1.70 bits per heavy atom. The molecule has 0 radical (unpaired) electrons. The number of halogens is 3. The van der Waals surface area contributed by atoms with Crippen molar-refractivity contribution in [1.82, 2.24) is 0 Å². The Bertz CT molecular complexity index is 1580. The van der Waals surface area contributed by atoms with Gasteiger partial charge >= 0.3 is 5.97 Å². The van der Waals surface area contributed by atoms with Gasteiger partial charge in [-0.3, -0.25) is 4.79 Å². The molecule has 0 amide bonds. The SMILES string of the molecule is Cc1cc2c(-c3c(Cl)c(Cl)c(N=C=O)c(Cl)c3C(=O)O)c3cc(C)c(=O)cc-3oc2cc1O. The lowest BCUT2D eigenvalue weighted by molar-refractivity contribution is 0.0698. The number of carbonyl (C=O) groups excluding carboxylic acids is 1. The highest BCUT2D eigenvalue weighted by atomic mass is 35.5. The monoisotopic (exact) mass is 503 g/mol. The molecule has 1 aliphatic heterocycles. The first-order valence-electron chi connectivity index (χ1n) is 9.29. The van der Waals surface area contributed by atoms with Crippen LogP contribution in [0.4, 0.5) is 5.69 Å². The Kier molecular flexibility index (Phi) is 5.68. The van der Waals surface area contributed by atoms with Crippen LogP contribution in [-0.4, -0.2) is 22.3 Å². The van der Waals surface area contributed by atoms with Crippen molar-refractivity contribution in [3.8, 4) is 28.2 Å². The molecule has 0 atom stereocenters. The summed E-state index contributed by atoms with van der Waals surface area (Å²) in [4.78, 5) is 38.9. The zero-order chi connectivity index (χ0) is 24.2. The van der Waals surface area contributed by atoms with Crippen LogP contribution in [0.5, 0.6) is 5.75 Å². The fourth-order valence-electron chi connectivity index (χ4n) is 3.67. The van der Waals surface area contributed by atoms with E-state index in [-0.39, 0.29) is 49.4 Å². The van der Waals surface area contributed by atoms with E-state index in [2.05, 4.69) is 4.99 Å². The van der Waals surface area contributed by atoms with Gasteiger partial charge in [-0.05, 0) is 37.1 Å². The van der Waals surface area contributed by atoms with E-state index < -0.39 is 16.6 Å². The Hall–Kier alpha value is -3.35. The van der Waals surface area contributed by atoms with Gasteiger partial charge in [0.2, 0.25) is 6.08 Å². The Labute approximate surface area is 200 Å². The summed E-state index contributed by atoms with van der Waals surface area (Å²) in [5.41, 5.74) is 0.506. The smallest absolute Gasteiger partial charge is 0.337 e. The van der Waals surface area contributed by atoms with Crippen molar-refractivity contribution >= 4 is 63.5 Å². The number of isocyanates is 1. The van der Waals surface area contributed by atoms with Crippen molar-refractivity contribution in [1.29, 1.82) is 0 Å². The summed E-state index contributed by atoms with van der Waals surface area (Å²) in [6.07, 6.45) is 1.28. The third-order valence-electron chi connectivity index (χ3n) is 5.25. The number of fused-ring (bicyclic) bond motifs is 2. The summed E-state index contributed by atoms with van der Waals surface area (Å²) >= 11 is 19.2. The summed E-state index contributed by atoms with van der Waals surface area (Å²) < 4.78 is 5.86. The van der Waals surface area contributed by atoms with Crippen molar-refractivity contribution in [2.75, 3.05) is 0 Å². The fraction of sp³-hybridized carbons (Fsp3) is 0.0870. The average molecular weight is 505 g/mol. The van der Waals surface area contributed by atoms with Crippen molar-refractivity contribution in [3.05, 3.63) is 66.2 Å². The Morgan fingerprint density at radius 1 is 1.00 bits per heavy atom. The zero-order valence-electron chi connectivity index (χ0n) is 16.9. The minimum Gasteiger partial charge on any atom is -0.508 e. The van der Waals surface area contributed by atoms with Crippen molar-refractivity contribution < 1.29 is 24.2 Å². The molecule has 0 spiro atoms. The molecule has 33 heavy (non-hydrogen) atoms. The molecule has 166 valence electrons. The van der Waals surface area contributed by atoms with Gasteiger partial charge in [0, 0.05) is 34.2 Å². The number of hydrogen-bond donors (Lipinski definition) is 2. The molecular formula is C23H12Cl3NO6. The van der Waals surface area contributed by atoms with E-state index in [4.69, 9.17) is 39.2 Å². The zero-order valence-corrected chi connectivity index (χ0v) is 19.2. The summed E-state index contributed by atoms with van der Waals surface area (Å²) in [6.45, 7) is 3.25. The molecule has 4 rings (SSSR count). The van der Waals surface area contributed by atoms with Gasteiger partial charge in [0.25, 0.3) is 0 Å². The molecule has 0 saturated carbocycles. The van der Waals surface area contributed by atoms with Gasteiger partial charge in [-0.15, -0.1) is 0 Å². The normalized spacial score (nSPS) is 11.1. The molecule has 0 saturated heterocycles. The van der Waals surface area contributed by atoms with Crippen LogP contribution in [0.25, 0.3) is 33.4 Å². The molecule has 2 N–H and O–H groups in total. The van der Waals surface area contributed by atoms with Crippen molar-refractivity contribution in [2.24, 2.45) is 4.99 Å². The maximum Gasteiger partial charge on any atom is 0.337 e. The maximum absolute atomic E-state index is 12.3. The quantitative estimate of drug-likeness (QED) is 0.142. The van der Waals surface area contributed by atoms with Crippen LogP contribution in [0.2, 0.25) is 15.1 Å². The van der Waals surface area contributed by atoms with Crippen LogP contribution in [0.1, 0.15) is 21.5 Å². The molecular weight excluding hydrogens is 493 g/mol. The van der Waals surface area contributed by atoms with Crippen molar-refractivity contribution in [2.45, 2.75) is 13.8 Å². The molecule has 2 aliphatic rings. The second kappa shape index (κ2) is 8.21. The number of carboxylic acid groups (broad SMARTS) is 1. The second-order valence-electron chi connectivity index (χ2n) is 7.27. The molecule has 7 nitrogen and oxygen atoms in total. The number of rotatable bonds is 3. The van der Waals surface area contributed by atoms with Gasteiger partial charge in [0.1, 0.15) is 22.8 Å². The van der Waals surface area contributed by atoms with Gasteiger partial charge in [0.05, 0.1) is 20.6 Å². The maximum atomic E-state index is 12.3. The predicted molar refractivity (Wildman–Crippen MR) is 125 cm³/mol. The first-order chi connectivity index (χ1) is 15.6. The predicted octanol–water partition coefficient (Wildman–Crippen LogP) is 6.51. The highest BCUT2D eigenvalue weighted by Crippen LogP contribution is 2.52. The molecule has 1 aliphatic carbocycles. The number of hydrogen-bond acceptors (Lipinski definition) is 6. The number of phenolic OH excluding ortho intramolecular Hbond substituents is 1. The standard InChI is InChI=1S/C23H12Cl3NO6/c1-8-3-10-14(5-12(8)29)33-15-6-13(30)9(2)4-11(15)16(10)17-18(23(31)32)20(25)22(27-7-28)21(26)19(17)24/h3-6,29H,1-2H3,(H,31,32). The first-order valence-corrected chi connectivity index (χ1v) is 10.4. The summed E-state index contributed by atoms with van der Waals surface area (Å²) in [6, 6.07) is 5.73. The lowest BCUT2D eigenvalue weighted by Crippen LogP contribution is -2.08. The summed E-state index contributed by atoms with van der Waals surface area (Å²) in [7, 11) is 0. The van der Waals surface area contributed by atoms with Gasteiger partial charge in [-0.2, -0.15) is 4.99 Å². The molecule has 1 heterocycles. The van der Waals surface area contributed by atoms with E-state index in [0.717, 1.165) is 0 Å². The molecule has 0 aromatic heterocycles. The van der Waals surface area contributed by atoms with E-state index in [1.165, 1.54) is 18.2 Å². The van der Waals surface area contributed by atoms with E-state index in [1.807, 2.05) is 0 Å². The fourth-order valence-corrected chi connectivity index (χ4v) is 4.54. The highest BCUT2D eigenvalue weighted by Gasteiger charge is 2.30. The van der Waals surface area contributed by atoms with Crippen molar-refractivity contribution in [3.63, 3.8) is 0 Å². The van der Waals surface area contributed by atoms with E-state index in [1.54, 1.807) is 26.0 Å². The number of aryl methyl sites for hydroxylation is 2. The Morgan fingerprint density at radius 3 is 2.33 bits per heavy atom. The third kappa shape index (κ3) is 3.56. The number of nitrogens with zero attached hydrogens (tertiary/aromatic N) is 1. The van der Waals surface area contributed by atoms with Crippen LogP contribution >= 0.6 is 34.8 Å². The van der Waals surface area contributed by atoms with Crippen LogP contribution in [0.3, 0.4) is 0 Å². The molecule has 0 bridgehead atoms. The van der Waals surface area contributed by atoms with Gasteiger partial charge in [-0.25, -0.2) is 9.59 Å². The van der Waals surface area contributed by atoms with Gasteiger partial charge in [0.15, 0.2) is 5.43 Å².